The maximum atomic E-state index is 6.15. The Hall–Kier alpha value is -1.79. The molecule has 6 nitrogen and oxygen atoms in total. The molecule has 0 spiro atoms. The number of guanidine groups is 1. The molecule has 8 heteroatoms. The zero-order chi connectivity index (χ0) is 15.9. The Morgan fingerprint density at radius 1 is 1.27 bits per heavy atom. The summed E-state index contributed by atoms with van der Waals surface area (Å²) in [4.78, 5) is 4.17. The van der Waals surface area contributed by atoms with Crippen molar-refractivity contribution in [3.05, 3.63) is 46.0 Å². The molecule has 1 aromatic heterocycles. The third kappa shape index (κ3) is 4.35. The molecule has 0 bridgehead atoms. The Morgan fingerprint density at radius 3 is 2.73 bits per heavy atom. The Labute approximate surface area is 139 Å². The van der Waals surface area contributed by atoms with Crippen molar-refractivity contribution in [1.29, 1.82) is 0 Å². The van der Waals surface area contributed by atoms with Crippen LogP contribution in [0, 0.1) is 0 Å². The number of hydrogen-bond donors (Lipinski definition) is 2. The highest BCUT2D eigenvalue weighted by molar-refractivity contribution is 6.35. The van der Waals surface area contributed by atoms with Gasteiger partial charge in [-0.3, -0.25) is 4.99 Å². The molecule has 0 unspecified atom stereocenters. The van der Waals surface area contributed by atoms with Crippen molar-refractivity contribution in [2.24, 2.45) is 4.99 Å². The number of benzene rings is 1. The predicted octanol–water partition coefficient (Wildman–Crippen LogP) is 2.47. The standard InChI is InChI=1S/C14H18Cl2N6/c1-3-22-9-20-21-13(22)8-19-14(17-2)18-7-10-4-5-11(15)6-12(10)16/h4-6,9H,3,7-8H2,1-2H3,(H2,17,18,19). The fraction of sp³-hybridized carbons (Fsp3) is 0.357. The van der Waals surface area contributed by atoms with Crippen molar-refractivity contribution < 1.29 is 0 Å². The summed E-state index contributed by atoms with van der Waals surface area (Å²) in [7, 11) is 1.71. The van der Waals surface area contributed by atoms with E-state index in [9.17, 15) is 0 Å². The highest BCUT2D eigenvalue weighted by Gasteiger charge is 2.06. The van der Waals surface area contributed by atoms with Gasteiger partial charge in [-0.05, 0) is 24.6 Å². The van der Waals surface area contributed by atoms with E-state index in [4.69, 9.17) is 23.2 Å². The largest absolute Gasteiger partial charge is 0.352 e. The molecule has 0 aliphatic carbocycles. The smallest absolute Gasteiger partial charge is 0.191 e. The molecule has 0 aliphatic rings. The molecule has 1 aromatic carbocycles. The lowest BCUT2D eigenvalue weighted by molar-refractivity contribution is 0.670. The number of rotatable bonds is 5. The molecule has 0 amide bonds. The second-order valence-corrected chi connectivity index (χ2v) is 5.39. The lowest BCUT2D eigenvalue weighted by Gasteiger charge is -2.12. The average molecular weight is 341 g/mol. The van der Waals surface area contributed by atoms with E-state index in [-0.39, 0.29) is 0 Å². The van der Waals surface area contributed by atoms with Crippen molar-refractivity contribution in [3.63, 3.8) is 0 Å². The number of aromatic nitrogens is 3. The summed E-state index contributed by atoms with van der Waals surface area (Å²) in [6.45, 7) is 3.97. The van der Waals surface area contributed by atoms with Crippen LogP contribution in [0.1, 0.15) is 18.3 Å². The first-order chi connectivity index (χ1) is 10.6. The first-order valence-electron chi connectivity index (χ1n) is 6.89. The number of aliphatic imine (C=N–C) groups is 1. The summed E-state index contributed by atoms with van der Waals surface area (Å²) >= 11 is 12.0. The van der Waals surface area contributed by atoms with Crippen LogP contribution in [0.4, 0.5) is 0 Å². The molecule has 0 atom stereocenters. The maximum absolute atomic E-state index is 6.15. The van der Waals surface area contributed by atoms with Crippen molar-refractivity contribution in [2.75, 3.05) is 7.05 Å². The Morgan fingerprint density at radius 2 is 2.05 bits per heavy atom. The quantitative estimate of drug-likeness (QED) is 0.648. The number of nitrogens with one attached hydrogen (secondary N) is 2. The van der Waals surface area contributed by atoms with E-state index in [1.807, 2.05) is 23.6 Å². The molecule has 0 fully saturated rings. The van der Waals surface area contributed by atoms with E-state index in [1.165, 1.54) is 0 Å². The Kier molecular flexibility index (Phi) is 6.03. The fourth-order valence-electron chi connectivity index (χ4n) is 1.91. The van der Waals surface area contributed by atoms with Gasteiger partial charge in [0, 0.05) is 30.2 Å². The molecule has 2 aromatic rings. The lowest BCUT2D eigenvalue weighted by atomic mass is 10.2. The minimum absolute atomic E-state index is 0.544. The molecule has 0 aliphatic heterocycles. The second-order valence-electron chi connectivity index (χ2n) is 4.55. The van der Waals surface area contributed by atoms with Crippen LogP contribution in [-0.4, -0.2) is 27.8 Å². The van der Waals surface area contributed by atoms with Crippen LogP contribution in [-0.2, 0) is 19.6 Å². The maximum Gasteiger partial charge on any atom is 0.191 e. The highest BCUT2D eigenvalue weighted by Crippen LogP contribution is 2.20. The van der Waals surface area contributed by atoms with Gasteiger partial charge < -0.3 is 15.2 Å². The molecular weight excluding hydrogens is 323 g/mol. The van der Waals surface area contributed by atoms with Crippen LogP contribution in [0.15, 0.2) is 29.5 Å². The van der Waals surface area contributed by atoms with Crippen LogP contribution in [0.3, 0.4) is 0 Å². The van der Waals surface area contributed by atoms with Crippen molar-refractivity contribution >= 4 is 29.2 Å². The molecular formula is C14H18Cl2N6. The SMILES string of the molecule is CCn1cnnc1CNC(=NC)NCc1ccc(Cl)cc1Cl. The van der Waals surface area contributed by atoms with Gasteiger partial charge in [-0.2, -0.15) is 0 Å². The summed E-state index contributed by atoms with van der Waals surface area (Å²) in [6, 6.07) is 5.42. The summed E-state index contributed by atoms with van der Waals surface area (Å²) in [5, 5.41) is 15.6. The molecule has 2 N–H and O–H groups in total. The summed E-state index contributed by atoms with van der Waals surface area (Å²) < 4.78 is 1.97. The molecule has 1 heterocycles. The van der Waals surface area contributed by atoms with Gasteiger partial charge in [-0.25, -0.2) is 0 Å². The van der Waals surface area contributed by atoms with Crippen LogP contribution >= 0.6 is 23.2 Å². The topological polar surface area (TPSA) is 67.1 Å². The molecule has 22 heavy (non-hydrogen) atoms. The number of halogens is 2. The third-order valence-corrected chi connectivity index (χ3v) is 3.72. The minimum atomic E-state index is 0.544. The van der Waals surface area contributed by atoms with Crippen molar-refractivity contribution in [3.8, 4) is 0 Å². The van der Waals surface area contributed by atoms with Crippen LogP contribution in [0.2, 0.25) is 10.0 Å². The van der Waals surface area contributed by atoms with Gasteiger partial charge >= 0.3 is 0 Å². The molecule has 2 rings (SSSR count). The van der Waals surface area contributed by atoms with E-state index in [0.717, 1.165) is 17.9 Å². The Balaban J connectivity index is 1.90. The average Bonchev–Trinajstić information content (AvgIpc) is 2.96. The van der Waals surface area contributed by atoms with E-state index in [2.05, 4.69) is 25.8 Å². The highest BCUT2D eigenvalue weighted by atomic mass is 35.5. The molecule has 0 radical (unpaired) electrons. The van der Waals surface area contributed by atoms with E-state index in [0.29, 0.717) is 29.1 Å². The van der Waals surface area contributed by atoms with Crippen molar-refractivity contribution in [1.82, 2.24) is 25.4 Å². The van der Waals surface area contributed by atoms with Gasteiger partial charge in [-0.1, -0.05) is 29.3 Å². The monoisotopic (exact) mass is 340 g/mol. The lowest BCUT2D eigenvalue weighted by Crippen LogP contribution is -2.37. The number of aryl methyl sites for hydroxylation is 1. The normalized spacial score (nSPS) is 11.5. The van der Waals surface area contributed by atoms with Gasteiger partial charge in [0.25, 0.3) is 0 Å². The minimum Gasteiger partial charge on any atom is -0.352 e. The van der Waals surface area contributed by atoms with Gasteiger partial charge in [0.2, 0.25) is 0 Å². The van der Waals surface area contributed by atoms with E-state index < -0.39 is 0 Å². The van der Waals surface area contributed by atoms with Crippen LogP contribution in [0.25, 0.3) is 0 Å². The van der Waals surface area contributed by atoms with Gasteiger partial charge in [-0.15, -0.1) is 10.2 Å². The second kappa shape index (κ2) is 8.00. The van der Waals surface area contributed by atoms with E-state index >= 15 is 0 Å². The zero-order valence-electron chi connectivity index (χ0n) is 12.5. The first-order valence-corrected chi connectivity index (χ1v) is 7.64. The zero-order valence-corrected chi connectivity index (χ0v) is 14.0. The Bertz CT molecular complexity index is 653. The van der Waals surface area contributed by atoms with Crippen LogP contribution < -0.4 is 10.6 Å². The van der Waals surface area contributed by atoms with Crippen LogP contribution in [0.5, 0.6) is 0 Å². The molecule has 0 saturated heterocycles. The van der Waals surface area contributed by atoms with Gasteiger partial charge in [0.1, 0.15) is 6.33 Å². The summed E-state index contributed by atoms with van der Waals surface area (Å²) in [6.07, 6.45) is 1.71. The number of hydrogen-bond acceptors (Lipinski definition) is 3. The summed E-state index contributed by atoms with van der Waals surface area (Å²) in [5.74, 6) is 1.52. The molecule has 0 saturated carbocycles. The first kappa shape index (κ1) is 16.6. The van der Waals surface area contributed by atoms with Crippen molar-refractivity contribution in [2.45, 2.75) is 26.6 Å². The molecule has 118 valence electrons. The van der Waals surface area contributed by atoms with Gasteiger partial charge in [0.15, 0.2) is 11.8 Å². The predicted molar refractivity (Wildman–Crippen MR) is 89.2 cm³/mol. The third-order valence-electron chi connectivity index (χ3n) is 3.14. The fourth-order valence-corrected chi connectivity index (χ4v) is 2.38. The van der Waals surface area contributed by atoms with E-state index in [1.54, 1.807) is 19.4 Å². The summed E-state index contributed by atoms with van der Waals surface area (Å²) in [5.41, 5.74) is 0.950. The number of nitrogens with zero attached hydrogens (tertiary/aromatic N) is 4. The van der Waals surface area contributed by atoms with Gasteiger partial charge in [0.05, 0.1) is 6.54 Å².